The van der Waals surface area contributed by atoms with Crippen LogP contribution in [-0.4, -0.2) is 41.8 Å². The molecule has 0 aliphatic rings. The molecule has 17 heavy (non-hydrogen) atoms. The Morgan fingerprint density at radius 3 is 2.41 bits per heavy atom. The zero-order valence-electron chi connectivity index (χ0n) is 10.8. The van der Waals surface area contributed by atoms with Gasteiger partial charge < -0.3 is 9.64 Å². The molecule has 0 aromatic heterocycles. The molecule has 0 fully saturated rings. The van der Waals surface area contributed by atoms with Gasteiger partial charge in [0.1, 0.15) is 11.9 Å². The van der Waals surface area contributed by atoms with Gasteiger partial charge in [0.15, 0.2) is 0 Å². The number of carbonyl (C=O) groups is 2. The van der Waals surface area contributed by atoms with Crippen LogP contribution in [0.2, 0.25) is 0 Å². The monoisotopic (exact) mass is 305 g/mol. The average molecular weight is 306 g/mol. The van der Waals surface area contributed by atoms with Crippen molar-refractivity contribution in [3.05, 3.63) is 11.6 Å². The van der Waals surface area contributed by atoms with Crippen LogP contribution in [0.4, 0.5) is 4.79 Å². The van der Waals surface area contributed by atoms with Crippen molar-refractivity contribution in [2.75, 3.05) is 18.9 Å². The van der Waals surface area contributed by atoms with Gasteiger partial charge in [-0.25, -0.2) is 4.79 Å². The minimum Gasteiger partial charge on any atom is -0.444 e. The second-order valence-electron chi connectivity index (χ2n) is 4.72. The predicted octanol–water partition coefficient (Wildman–Crippen LogP) is 2.76. The quantitative estimate of drug-likeness (QED) is 0.446. The zero-order chi connectivity index (χ0) is 13.5. The van der Waals surface area contributed by atoms with E-state index in [1.54, 1.807) is 7.05 Å². The van der Waals surface area contributed by atoms with Crippen molar-refractivity contribution >= 4 is 28.3 Å². The van der Waals surface area contributed by atoms with E-state index in [9.17, 15) is 9.59 Å². The summed E-state index contributed by atoms with van der Waals surface area (Å²) in [7, 11) is 1.68. The third kappa shape index (κ3) is 7.96. The lowest BCUT2D eigenvalue weighted by atomic mass is 10.2. The fraction of sp³-hybridized carbons (Fsp3) is 0.667. The average Bonchev–Trinajstić information content (AvgIpc) is 2.21. The lowest BCUT2D eigenvalue weighted by Gasteiger charge is -2.24. The van der Waals surface area contributed by atoms with Crippen LogP contribution >= 0.6 is 15.9 Å². The smallest absolute Gasteiger partial charge is 0.410 e. The van der Waals surface area contributed by atoms with Crippen LogP contribution in [0.5, 0.6) is 0 Å². The summed E-state index contributed by atoms with van der Waals surface area (Å²) in [4.78, 5) is 23.6. The molecule has 0 aromatic rings. The molecule has 0 aromatic carbocycles. The third-order valence-electron chi connectivity index (χ3n) is 1.88. The van der Waals surface area contributed by atoms with Crippen LogP contribution < -0.4 is 0 Å². The lowest BCUT2D eigenvalue weighted by molar-refractivity contribution is -0.104. The number of aldehydes is 1. The van der Waals surface area contributed by atoms with E-state index >= 15 is 0 Å². The molecule has 0 spiro atoms. The van der Waals surface area contributed by atoms with Crippen LogP contribution in [0.15, 0.2) is 11.6 Å². The topological polar surface area (TPSA) is 46.6 Å². The number of ether oxygens (including phenoxy) is 1. The van der Waals surface area contributed by atoms with Crippen molar-refractivity contribution < 1.29 is 14.3 Å². The Kier molecular flexibility index (Phi) is 7.11. The van der Waals surface area contributed by atoms with E-state index in [1.165, 1.54) is 4.90 Å². The van der Waals surface area contributed by atoms with E-state index in [0.717, 1.165) is 6.29 Å². The van der Waals surface area contributed by atoms with E-state index in [4.69, 9.17) is 4.74 Å². The summed E-state index contributed by atoms with van der Waals surface area (Å²) in [6.45, 7) is 6.01. The van der Waals surface area contributed by atoms with Gasteiger partial charge in [0, 0.05) is 18.9 Å². The minimum absolute atomic E-state index is 0.350. The molecular formula is C12H20BrNO3. The second kappa shape index (κ2) is 7.48. The highest BCUT2D eigenvalue weighted by Gasteiger charge is 2.18. The standard InChI is InChI=1S/C12H20BrNO3/c1-12(2,3)17-11(16)14(4)7-5-6-10(8-13)9-15/h6,9H,5,7-8H2,1-4H3/b10-6+. The maximum Gasteiger partial charge on any atom is 0.410 e. The van der Waals surface area contributed by atoms with Gasteiger partial charge in [-0.2, -0.15) is 0 Å². The highest BCUT2D eigenvalue weighted by Crippen LogP contribution is 2.09. The summed E-state index contributed by atoms with van der Waals surface area (Å²) < 4.78 is 5.20. The first-order chi connectivity index (χ1) is 7.80. The molecule has 0 saturated carbocycles. The van der Waals surface area contributed by atoms with Gasteiger partial charge >= 0.3 is 6.09 Å². The van der Waals surface area contributed by atoms with Gasteiger partial charge in [-0.1, -0.05) is 22.0 Å². The fourth-order valence-corrected chi connectivity index (χ4v) is 1.37. The highest BCUT2D eigenvalue weighted by atomic mass is 79.9. The van der Waals surface area contributed by atoms with Crippen molar-refractivity contribution in [3.63, 3.8) is 0 Å². The molecule has 0 atom stereocenters. The minimum atomic E-state index is -0.481. The molecule has 0 rings (SSSR count). The predicted molar refractivity (Wildman–Crippen MR) is 71.4 cm³/mol. The largest absolute Gasteiger partial charge is 0.444 e. The molecule has 0 unspecified atom stereocenters. The first-order valence-corrected chi connectivity index (χ1v) is 6.56. The van der Waals surface area contributed by atoms with E-state index < -0.39 is 5.60 Å². The summed E-state index contributed by atoms with van der Waals surface area (Å²) in [5.74, 6) is 0. The van der Waals surface area contributed by atoms with Crippen LogP contribution in [0.25, 0.3) is 0 Å². The van der Waals surface area contributed by atoms with Gasteiger partial charge in [0.2, 0.25) is 0 Å². The number of carbonyl (C=O) groups excluding carboxylic acids is 2. The maximum absolute atomic E-state index is 11.6. The summed E-state index contributed by atoms with van der Waals surface area (Å²) in [5, 5.41) is 0.534. The number of alkyl halides is 1. The van der Waals surface area contributed by atoms with Gasteiger partial charge in [-0.15, -0.1) is 0 Å². The number of nitrogens with zero attached hydrogens (tertiary/aromatic N) is 1. The molecule has 0 bridgehead atoms. The molecule has 0 aliphatic heterocycles. The summed E-state index contributed by atoms with van der Waals surface area (Å²) >= 11 is 3.21. The van der Waals surface area contributed by atoms with Crippen molar-refractivity contribution in [3.8, 4) is 0 Å². The van der Waals surface area contributed by atoms with Crippen molar-refractivity contribution in [2.24, 2.45) is 0 Å². The van der Waals surface area contributed by atoms with Gasteiger partial charge in [-0.05, 0) is 32.8 Å². The Balaban J connectivity index is 4.10. The van der Waals surface area contributed by atoms with Crippen LogP contribution in [-0.2, 0) is 9.53 Å². The van der Waals surface area contributed by atoms with E-state index in [1.807, 2.05) is 26.8 Å². The molecule has 0 N–H and O–H groups in total. The summed E-state index contributed by atoms with van der Waals surface area (Å²) in [5.41, 5.74) is 0.202. The molecule has 0 radical (unpaired) electrons. The van der Waals surface area contributed by atoms with Gasteiger partial charge in [-0.3, -0.25) is 4.79 Å². The number of rotatable bonds is 5. The third-order valence-corrected chi connectivity index (χ3v) is 2.53. The van der Waals surface area contributed by atoms with Crippen molar-refractivity contribution in [2.45, 2.75) is 32.8 Å². The Labute approximate surface area is 111 Å². The highest BCUT2D eigenvalue weighted by molar-refractivity contribution is 9.09. The van der Waals surface area contributed by atoms with Crippen molar-refractivity contribution in [1.82, 2.24) is 4.90 Å². The van der Waals surface area contributed by atoms with Crippen molar-refractivity contribution in [1.29, 1.82) is 0 Å². The summed E-state index contributed by atoms with van der Waals surface area (Å²) in [6.07, 6.45) is 2.90. The lowest BCUT2D eigenvalue weighted by Crippen LogP contribution is -2.34. The molecule has 0 aliphatic carbocycles. The molecule has 4 nitrogen and oxygen atoms in total. The number of amides is 1. The first kappa shape index (κ1) is 16.2. The van der Waals surface area contributed by atoms with E-state index in [2.05, 4.69) is 15.9 Å². The normalized spacial score (nSPS) is 12.2. The SMILES string of the molecule is CN(CC/C=C(/C=O)CBr)C(=O)OC(C)(C)C. The van der Waals surface area contributed by atoms with Gasteiger partial charge in [0.05, 0.1) is 0 Å². The molecule has 98 valence electrons. The molecule has 5 heteroatoms. The zero-order valence-corrected chi connectivity index (χ0v) is 12.4. The molecule has 0 heterocycles. The van der Waals surface area contributed by atoms with E-state index in [-0.39, 0.29) is 6.09 Å². The number of halogens is 1. The first-order valence-electron chi connectivity index (χ1n) is 5.44. The summed E-state index contributed by atoms with van der Waals surface area (Å²) in [6, 6.07) is 0. The van der Waals surface area contributed by atoms with E-state index in [0.29, 0.717) is 23.9 Å². The second-order valence-corrected chi connectivity index (χ2v) is 5.28. The Morgan fingerprint density at radius 1 is 1.41 bits per heavy atom. The number of allylic oxidation sites excluding steroid dienone is 1. The van der Waals surface area contributed by atoms with Crippen LogP contribution in [0.1, 0.15) is 27.2 Å². The van der Waals surface area contributed by atoms with Crippen LogP contribution in [0.3, 0.4) is 0 Å². The Hall–Kier alpha value is -0.840. The Bertz CT molecular complexity index is 295. The van der Waals surface area contributed by atoms with Crippen LogP contribution in [0, 0.1) is 0 Å². The fourth-order valence-electron chi connectivity index (χ4n) is 1.01. The Morgan fingerprint density at radius 2 is 2.00 bits per heavy atom. The molecule has 1 amide bonds. The molecular weight excluding hydrogens is 286 g/mol. The van der Waals surface area contributed by atoms with Gasteiger partial charge in [0.25, 0.3) is 0 Å². The molecule has 0 saturated heterocycles. The number of hydrogen-bond acceptors (Lipinski definition) is 3. The number of hydrogen-bond donors (Lipinski definition) is 0. The maximum atomic E-state index is 11.6.